The first kappa shape index (κ1) is 13.1. The summed E-state index contributed by atoms with van der Waals surface area (Å²) in [6, 6.07) is 0. The molecule has 17 heavy (non-hydrogen) atoms. The van der Waals surface area contributed by atoms with Crippen LogP contribution in [0.25, 0.3) is 0 Å². The van der Waals surface area contributed by atoms with Crippen molar-refractivity contribution < 1.29 is 8.42 Å². The topological polar surface area (TPSA) is 76.3 Å². The largest absolute Gasteiger partial charge is 0.375 e. The summed E-state index contributed by atoms with van der Waals surface area (Å²) in [6.45, 7) is 1.41. The Morgan fingerprint density at radius 1 is 1.65 bits per heavy atom. The summed E-state index contributed by atoms with van der Waals surface area (Å²) in [6.07, 6.45) is 3.03. The zero-order valence-corrected chi connectivity index (χ0v) is 11.9. The number of anilines is 1. The highest BCUT2D eigenvalue weighted by atomic mass is 32.2. The van der Waals surface area contributed by atoms with Crippen molar-refractivity contribution in [2.45, 2.75) is 11.9 Å². The predicted molar refractivity (Wildman–Crippen MR) is 72.9 cm³/mol. The van der Waals surface area contributed by atoms with Crippen LogP contribution in [0.2, 0.25) is 0 Å². The molecule has 0 bridgehead atoms. The van der Waals surface area contributed by atoms with Crippen LogP contribution in [0.1, 0.15) is 4.88 Å². The van der Waals surface area contributed by atoms with Gasteiger partial charge in [0.15, 0.2) is 15.0 Å². The Morgan fingerprint density at radius 3 is 3.00 bits per heavy atom. The van der Waals surface area contributed by atoms with E-state index in [-0.39, 0.29) is 5.37 Å². The Labute approximate surface area is 109 Å². The van der Waals surface area contributed by atoms with Crippen LogP contribution < -0.4 is 5.73 Å². The molecule has 1 aromatic heterocycles. The van der Waals surface area contributed by atoms with Gasteiger partial charge in [0, 0.05) is 41.9 Å². The zero-order chi connectivity index (χ0) is 12.5. The average molecular weight is 293 g/mol. The van der Waals surface area contributed by atoms with Gasteiger partial charge in [-0.2, -0.15) is 11.8 Å². The van der Waals surface area contributed by atoms with Crippen LogP contribution in [0.15, 0.2) is 6.20 Å². The Morgan fingerprint density at radius 2 is 2.41 bits per heavy atom. The van der Waals surface area contributed by atoms with Gasteiger partial charge in [0.2, 0.25) is 0 Å². The highest BCUT2D eigenvalue weighted by Gasteiger charge is 2.31. The van der Waals surface area contributed by atoms with Gasteiger partial charge in [-0.25, -0.2) is 13.4 Å². The molecular formula is C9H15N3O2S3. The number of nitrogens with two attached hydrogens (primary N) is 1. The minimum atomic E-state index is -3.03. The molecule has 96 valence electrons. The van der Waals surface area contributed by atoms with Crippen LogP contribution in [0, 0.1) is 0 Å². The summed E-state index contributed by atoms with van der Waals surface area (Å²) in [4.78, 5) is 7.00. The first-order chi connectivity index (χ1) is 7.97. The van der Waals surface area contributed by atoms with Gasteiger partial charge in [0.05, 0.1) is 0 Å². The molecule has 1 unspecified atom stereocenters. The molecule has 1 aromatic rings. The number of nitrogen functional groups attached to an aromatic ring is 1. The Hall–Kier alpha value is -0.310. The number of rotatable bonds is 3. The van der Waals surface area contributed by atoms with E-state index in [9.17, 15) is 8.42 Å². The highest BCUT2D eigenvalue weighted by molar-refractivity contribution is 8.00. The van der Waals surface area contributed by atoms with E-state index < -0.39 is 9.84 Å². The van der Waals surface area contributed by atoms with Crippen LogP contribution in [-0.2, 0) is 16.4 Å². The Bertz CT molecular complexity index is 485. The van der Waals surface area contributed by atoms with Crippen LogP contribution in [0.4, 0.5) is 5.13 Å². The van der Waals surface area contributed by atoms with Crippen molar-refractivity contribution in [1.29, 1.82) is 0 Å². The minimum Gasteiger partial charge on any atom is -0.375 e. The van der Waals surface area contributed by atoms with Gasteiger partial charge in [-0.15, -0.1) is 11.3 Å². The van der Waals surface area contributed by atoms with Crippen LogP contribution in [-0.4, -0.2) is 48.0 Å². The van der Waals surface area contributed by atoms with Gasteiger partial charge in [0.1, 0.15) is 5.37 Å². The molecule has 0 saturated carbocycles. The van der Waals surface area contributed by atoms with E-state index in [2.05, 4.69) is 4.98 Å². The molecule has 1 aliphatic heterocycles. The minimum absolute atomic E-state index is 0.385. The van der Waals surface area contributed by atoms with E-state index in [1.165, 1.54) is 17.6 Å². The van der Waals surface area contributed by atoms with Crippen molar-refractivity contribution in [1.82, 2.24) is 9.88 Å². The fraction of sp³-hybridized carbons (Fsp3) is 0.667. The average Bonchev–Trinajstić information content (AvgIpc) is 2.63. The second-order valence-corrected chi connectivity index (χ2v) is 8.49. The van der Waals surface area contributed by atoms with E-state index in [1.807, 2.05) is 4.90 Å². The zero-order valence-electron chi connectivity index (χ0n) is 9.50. The van der Waals surface area contributed by atoms with E-state index in [0.29, 0.717) is 17.4 Å². The summed E-state index contributed by atoms with van der Waals surface area (Å²) in [7, 11) is -3.03. The second kappa shape index (κ2) is 5.13. The molecule has 1 fully saturated rings. The molecule has 2 heterocycles. The van der Waals surface area contributed by atoms with E-state index in [1.54, 1.807) is 18.0 Å². The summed E-state index contributed by atoms with van der Waals surface area (Å²) >= 11 is 3.11. The van der Waals surface area contributed by atoms with Gasteiger partial charge in [-0.3, -0.25) is 4.90 Å². The monoisotopic (exact) mass is 293 g/mol. The molecule has 0 aromatic carbocycles. The number of sulfone groups is 1. The molecule has 0 aliphatic carbocycles. The predicted octanol–water partition coefficient (Wildman–Crippen LogP) is 0.645. The molecule has 8 heteroatoms. The van der Waals surface area contributed by atoms with Crippen LogP contribution in [0.3, 0.4) is 0 Å². The maximum absolute atomic E-state index is 11.7. The second-order valence-electron chi connectivity index (χ2n) is 3.99. The molecule has 1 atom stereocenters. The standard InChI is InChI=1S/C9H15N3O2S3/c1-17(13,14)8-6-15-3-2-12(8)5-7-4-11-9(10)16-7/h4,8H,2-3,5-6H2,1H3,(H2,10,11). The first-order valence-electron chi connectivity index (χ1n) is 5.17. The first-order valence-corrected chi connectivity index (χ1v) is 9.10. The fourth-order valence-electron chi connectivity index (χ4n) is 1.79. The van der Waals surface area contributed by atoms with Crippen molar-refractivity contribution >= 4 is 38.1 Å². The summed E-state index contributed by atoms with van der Waals surface area (Å²) in [5.41, 5.74) is 5.57. The van der Waals surface area contributed by atoms with Crippen molar-refractivity contribution in [3.8, 4) is 0 Å². The molecule has 0 spiro atoms. The van der Waals surface area contributed by atoms with E-state index in [4.69, 9.17) is 5.73 Å². The van der Waals surface area contributed by atoms with Crippen molar-refractivity contribution in [3.63, 3.8) is 0 Å². The summed E-state index contributed by atoms with van der Waals surface area (Å²) < 4.78 is 23.4. The van der Waals surface area contributed by atoms with E-state index in [0.717, 1.165) is 17.2 Å². The number of nitrogens with zero attached hydrogens (tertiary/aromatic N) is 2. The number of hydrogen-bond donors (Lipinski definition) is 1. The molecule has 2 rings (SSSR count). The third-order valence-electron chi connectivity index (χ3n) is 2.62. The van der Waals surface area contributed by atoms with Gasteiger partial charge >= 0.3 is 0 Å². The number of hydrogen-bond acceptors (Lipinski definition) is 7. The quantitative estimate of drug-likeness (QED) is 0.881. The van der Waals surface area contributed by atoms with E-state index >= 15 is 0 Å². The van der Waals surface area contributed by atoms with Gasteiger partial charge in [0.25, 0.3) is 0 Å². The van der Waals surface area contributed by atoms with Crippen molar-refractivity contribution in [3.05, 3.63) is 11.1 Å². The SMILES string of the molecule is CS(=O)(=O)C1CSCCN1Cc1cnc(N)s1. The maximum atomic E-state index is 11.7. The normalized spacial score (nSPS) is 22.8. The molecule has 5 nitrogen and oxygen atoms in total. The lowest BCUT2D eigenvalue weighted by Gasteiger charge is -2.33. The number of thioether (sulfide) groups is 1. The van der Waals surface area contributed by atoms with Crippen LogP contribution >= 0.6 is 23.1 Å². The molecule has 2 N–H and O–H groups in total. The molecule has 1 aliphatic rings. The fourth-order valence-corrected chi connectivity index (χ4v) is 5.44. The summed E-state index contributed by atoms with van der Waals surface area (Å²) in [5.74, 6) is 1.62. The third kappa shape index (κ3) is 3.34. The molecule has 0 amide bonds. The Kier molecular flexibility index (Phi) is 3.96. The maximum Gasteiger partial charge on any atom is 0.180 e. The van der Waals surface area contributed by atoms with Gasteiger partial charge in [-0.05, 0) is 0 Å². The van der Waals surface area contributed by atoms with Crippen molar-refractivity contribution in [2.75, 3.05) is 30.0 Å². The highest BCUT2D eigenvalue weighted by Crippen LogP contribution is 2.24. The van der Waals surface area contributed by atoms with Crippen molar-refractivity contribution in [2.24, 2.45) is 0 Å². The molecule has 1 saturated heterocycles. The summed E-state index contributed by atoms with van der Waals surface area (Å²) in [5, 5.41) is 0.145. The number of thiazole rings is 1. The number of aromatic nitrogens is 1. The Balaban J connectivity index is 2.12. The molecule has 0 radical (unpaired) electrons. The van der Waals surface area contributed by atoms with Gasteiger partial charge in [-0.1, -0.05) is 0 Å². The smallest absolute Gasteiger partial charge is 0.180 e. The molecular weight excluding hydrogens is 278 g/mol. The lowest BCUT2D eigenvalue weighted by Crippen LogP contribution is -2.46. The van der Waals surface area contributed by atoms with Gasteiger partial charge < -0.3 is 5.73 Å². The third-order valence-corrected chi connectivity index (χ3v) is 6.11. The lowest BCUT2D eigenvalue weighted by atomic mass is 10.4. The lowest BCUT2D eigenvalue weighted by molar-refractivity contribution is 0.264. The van der Waals surface area contributed by atoms with Crippen LogP contribution in [0.5, 0.6) is 0 Å².